The third-order valence-electron chi connectivity index (χ3n) is 5.59. The minimum absolute atomic E-state index is 0.000604. The second-order valence-corrected chi connectivity index (χ2v) is 10.0. The van der Waals surface area contributed by atoms with Crippen molar-refractivity contribution < 1.29 is 19.1 Å². The molecule has 2 rings (SSSR count). The van der Waals surface area contributed by atoms with Gasteiger partial charge in [-0.2, -0.15) is 0 Å². The van der Waals surface area contributed by atoms with Gasteiger partial charge < -0.3 is 9.47 Å². The summed E-state index contributed by atoms with van der Waals surface area (Å²) < 4.78 is 11.3. The molecule has 2 aromatic carbocycles. The van der Waals surface area contributed by atoms with Crippen molar-refractivity contribution in [3.63, 3.8) is 0 Å². The molecular formula is C28H38O4. The fourth-order valence-electron chi connectivity index (χ4n) is 4.11. The van der Waals surface area contributed by atoms with Crippen LogP contribution in [0.5, 0.6) is 0 Å². The summed E-state index contributed by atoms with van der Waals surface area (Å²) in [6.07, 6.45) is -0.396. The number of aryl methyl sites for hydroxylation is 4. The van der Waals surface area contributed by atoms with Crippen molar-refractivity contribution in [2.24, 2.45) is 5.92 Å². The number of ether oxygens (including phenoxy) is 2. The Hall–Kier alpha value is -2.62. The summed E-state index contributed by atoms with van der Waals surface area (Å²) in [6, 6.07) is 12.8. The smallest absolute Gasteiger partial charge is 0.309 e. The van der Waals surface area contributed by atoms with Crippen LogP contribution in [0.4, 0.5) is 0 Å². The Morgan fingerprint density at radius 2 is 1.31 bits per heavy atom. The standard InChI is InChI=1S/C28H38O4/c1-17-10-12-23(19(3)14-17)26(24-13-11-18(2)15-20(24)4)22(6)31-27(30)21(5)16-25(29)32-28(7,8)9/h10-15,21-22,26H,16H2,1-9H3/t21-,22+/m1/s1. The number of carbonyl (C=O) groups is 2. The van der Waals surface area contributed by atoms with Gasteiger partial charge in [0, 0.05) is 5.92 Å². The summed E-state index contributed by atoms with van der Waals surface area (Å²) >= 11 is 0. The predicted molar refractivity (Wildman–Crippen MR) is 129 cm³/mol. The molecule has 2 atom stereocenters. The lowest BCUT2D eigenvalue weighted by atomic mass is 9.82. The highest BCUT2D eigenvalue weighted by atomic mass is 16.6. The average Bonchev–Trinajstić information content (AvgIpc) is 2.63. The first-order valence-corrected chi connectivity index (χ1v) is 11.3. The van der Waals surface area contributed by atoms with E-state index in [1.807, 2.05) is 27.7 Å². The Morgan fingerprint density at radius 3 is 1.72 bits per heavy atom. The van der Waals surface area contributed by atoms with Crippen LogP contribution < -0.4 is 0 Å². The largest absolute Gasteiger partial charge is 0.461 e. The van der Waals surface area contributed by atoms with Crippen molar-refractivity contribution in [1.82, 2.24) is 0 Å². The van der Waals surface area contributed by atoms with Crippen LogP contribution in [0.25, 0.3) is 0 Å². The van der Waals surface area contributed by atoms with Crippen LogP contribution in [0.1, 0.15) is 80.3 Å². The molecule has 2 aromatic rings. The molecule has 4 nitrogen and oxygen atoms in total. The molecule has 0 amide bonds. The lowest BCUT2D eigenvalue weighted by Gasteiger charge is -2.29. The molecule has 0 N–H and O–H groups in total. The van der Waals surface area contributed by atoms with E-state index in [4.69, 9.17) is 9.47 Å². The highest BCUT2D eigenvalue weighted by molar-refractivity contribution is 5.80. The van der Waals surface area contributed by atoms with E-state index in [0.29, 0.717) is 0 Å². The maximum atomic E-state index is 12.9. The van der Waals surface area contributed by atoms with E-state index in [-0.39, 0.29) is 18.3 Å². The third-order valence-corrected chi connectivity index (χ3v) is 5.59. The molecule has 0 bridgehead atoms. The molecular weight excluding hydrogens is 400 g/mol. The highest BCUT2D eigenvalue weighted by Crippen LogP contribution is 2.35. The van der Waals surface area contributed by atoms with Gasteiger partial charge in [0.25, 0.3) is 0 Å². The zero-order valence-electron chi connectivity index (χ0n) is 21.0. The van der Waals surface area contributed by atoms with E-state index in [1.165, 1.54) is 22.3 Å². The molecule has 174 valence electrons. The van der Waals surface area contributed by atoms with E-state index < -0.39 is 23.6 Å². The van der Waals surface area contributed by atoms with Crippen LogP contribution in [0.15, 0.2) is 36.4 Å². The summed E-state index contributed by atoms with van der Waals surface area (Å²) in [4.78, 5) is 25.0. The second kappa shape index (κ2) is 10.3. The summed E-state index contributed by atoms with van der Waals surface area (Å²) in [6.45, 7) is 17.4. The summed E-state index contributed by atoms with van der Waals surface area (Å²) in [5.41, 5.74) is 6.43. The molecule has 0 aliphatic heterocycles. The molecule has 0 aromatic heterocycles. The Morgan fingerprint density at radius 1 is 0.844 bits per heavy atom. The van der Waals surface area contributed by atoms with E-state index in [9.17, 15) is 9.59 Å². The number of hydrogen-bond acceptors (Lipinski definition) is 4. The van der Waals surface area contributed by atoms with Crippen molar-refractivity contribution in [3.8, 4) is 0 Å². The van der Waals surface area contributed by atoms with Gasteiger partial charge in [-0.05, 0) is 77.6 Å². The third kappa shape index (κ3) is 6.94. The normalized spacial score (nSPS) is 13.6. The SMILES string of the molecule is Cc1ccc(C(c2ccc(C)cc2C)[C@H](C)OC(=O)[C@H](C)CC(=O)OC(C)(C)C)c(C)c1. The first-order chi connectivity index (χ1) is 14.8. The number of carbonyl (C=O) groups excluding carboxylic acids is 2. The molecule has 4 heteroatoms. The van der Waals surface area contributed by atoms with Crippen molar-refractivity contribution in [1.29, 1.82) is 0 Å². The zero-order chi connectivity index (χ0) is 24.2. The van der Waals surface area contributed by atoms with Gasteiger partial charge in [-0.25, -0.2) is 0 Å². The first kappa shape index (κ1) is 25.6. The predicted octanol–water partition coefficient (Wildman–Crippen LogP) is 6.35. The monoisotopic (exact) mass is 438 g/mol. The number of hydrogen-bond donors (Lipinski definition) is 0. The minimum Gasteiger partial charge on any atom is -0.461 e. The summed E-state index contributed by atoms with van der Waals surface area (Å²) in [5, 5.41) is 0. The van der Waals surface area contributed by atoms with Gasteiger partial charge in [0.05, 0.1) is 12.3 Å². The molecule has 0 heterocycles. The van der Waals surface area contributed by atoms with Gasteiger partial charge >= 0.3 is 11.9 Å². The molecule has 0 fully saturated rings. The van der Waals surface area contributed by atoms with Crippen LogP contribution in [0.3, 0.4) is 0 Å². The van der Waals surface area contributed by atoms with Crippen LogP contribution in [0, 0.1) is 33.6 Å². The summed E-state index contributed by atoms with van der Waals surface area (Å²) in [5.74, 6) is -1.46. The molecule has 0 saturated heterocycles. The van der Waals surface area contributed by atoms with Crippen molar-refractivity contribution in [2.45, 2.75) is 86.4 Å². The van der Waals surface area contributed by atoms with Gasteiger partial charge in [-0.3, -0.25) is 9.59 Å². The highest BCUT2D eigenvalue weighted by Gasteiger charge is 2.30. The molecule has 0 radical (unpaired) electrons. The first-order valence-electron chi connectivity index (χ1n) is 11.3. The molecule has 32 heavy (non-hydrogen) atoms. The maximum absolute atomic E-state index is 12.9. The Labute approximate surface area is 193 Å². The van der Waals surface area contributed by atoms with Gasteiger partial charge in [0.15, 0.2) is 0 Å². The molecule has 0 saturated carbocycles. The van der Waals surface area contributed by atoms with Crippen LogP contribution >= 0.6 is 0 Å². The maximum Gasteiger partial charge on any atom is 0.309 e. The van der Waals surface area contributed by atoms with E-state index in [0.717, 1.165) is 11.1 Å². The van der Waals surface area contributed by atoms with Crippen LogP contribution in [0.2, 0.25) is 0 Å². The molecule has 0 spiro atoms. The van der Waals surface area contributed by atoms with Gasteiger partial charge in [-0.1, -0.05) is 54.4 Å². The Kier molecular flexibility index (Phi) is 8.28. The lowest BCUT2D eigenvalue weighted by Crippen LogP contribution is -2.30. The van der Waals surface area contributed by atoms with Crippen molar-refractivity contribution in [3.05, 3.63) is 69.8 Å². The average molecular weight is 439 g/mol. The van der Waals surface area contributed by atoms with Crippen molar-refractivity contribution >= 4 is 11.9 Å². The van der Waals surface area contributed by atoms with Crippen molar-refractivity contribution in [2.75, 3.05) is 0 Å². The van der Waals surface area contributed by atoms with Gasteiger partial charge in [0.1, 0.15) is 11.7 Å². The zero-order valence-corrected chi connectivity index (χ0v) is 21.0. The van der Waals surface area contributed by atoms with E-state index in [2.05, 4.69) is 64.1 Å². The molecule has 0 aliphatic rings. The van der Waals surface area contributed by atoms with Gasteiger partial charge in [-0.15, -0.1) is 0 Å². The van der Waals surface area contributed by atoms with Gasteiger partial charge in [0.2, 0.25) is 0 Å². The lowest BCUT2D eigenvalue weighted by molar-refractivity contribution is -0.163. The Balaban J connectivity index is 2.29. The molecule has 0 unspecified atom stereocenters. The Bertz CT molecular complexity index is 916. The van der Waals surface area contributed by atoms with E-state index in [1.54, 1.807) is 6.92 Å². The fraction of sp³-hybridized carbons (Fsp3) is 0.500. The second-order valence-electron chi connectivity index (χ2n) is 10.0. The quantitative estimate of drug-likeness (QED) is 0.473. The van der Waals surface area contributed by atoms with E-state index >= 15 is 0 Å². The minimum atomic E-state index is -0.578. The topological polar surface area (TPSA) is 52.6 Å². The summed E-state index contributed by atoms with van der Waals surface area (Å²) in [7, 11) is 0. The number of rotatable bonds is 7. The van der Waals surface area contributed by atoms with Crippen LogP contribution in [-0.4, -0.2) is 23.6 Å². The fourth-order valence-corrected chi connectivity index (χ4v) is 4.11. The van der Waals surface area contributed by atoms with Crippen LogP contribution in [-0.2, 0) is 19.1 Å². The molecule has 0 aliphatic carbocycles. The number of esters is 2. The number of benzene rings is 2.